The molecule has 5 heteroatoms. The van der Waals surface area contributed by atoms with Crippen LogP contribution in [0.3, 0.4) is 0 Å². The molecule has 138 valence electrons. The van der Waals surface area contributed by atoms with Gasteiger partial charge in [0.25, 0.3) is 5.91 Å². The van der Waals surface area contributed by atoms with Crippen LogP contribution in [0.25, 0.3) is 0 Å². The summed E-state index contributed by atoms with van der Waals surface area (Å²) in [5.74, 6) is 0.177. The van der Waals surface area contributed by atoms with Gasteiger partial charge in [-0.2, -0.15) is 0 Å². The van der Waals surface area contributed by atoms with Gasteiger partial charge in [0.15, 0.2) is 6.10 Å². The van der Waals surface area contributed by atoms with E-state index in [9.17, 15) is 9.59 Å². The molecule has 0 unspecified atom stereocenters. The monoisotopic (exact) mass is 346 g/mol. The predicted octanol–water partition coefficient (Wildman–Crippen LogP) is 3.91. The maximum atomic E-state index is 12.1. The van der Waals surface area contributed by atoms with Gasteiger partial charge in [0.05, 0.1) is 0 Å². The zero-order valence-corrected chi connectivity index (χ0v) is 15.7. The molecule has 1 fully saturated rings. The first-order valence-corrected chi connectivity index (χ1v) is 9.14. The molecule has 1 atom stereocenters. The van der Waals surface area contributed by atoms with Crippen molar-refractivity contribution >= 4 is 11.9 Å². The Balaban J connectivity index is 1.82. The third kappa shape index (κ3) is 6.07. The zero-order chi connectivity index (χ0) is 18.4. The fourth-order valence-electron chi connectivity index (χ4n) is 2.97. The quantitative estimate of drug-likeness (QED) is 0.868. The van der Waals surface area contributed by atoms with Gasteiger partial charge in [-0.15, -0.1) is 0 Å². The smallest absolute Gasteiger partial charge is 0.321 e. The van der Waals surface area contributed by atoms with Gasteiger partial charge in [-0.05, 0) is 42.9 Å². The van der Waals surface area contributed by atoms with Crippen molar-refractivity contribution in [2.24, 2.45) is 0 Å². The first kappa shape index (κ1) is 19.3. The molecule has 0 spiro atoms. The fourth-order valence-corrected chi connectivity index (χ4v) is 2.97. The Hall–Kier alpha value is -2.04. The number of urea groups is 1. The highest BCUT2D eigenvalue weighted by atomic mass is 16.5. The minimum Gasteiger partial charge on any atom is -0.481 e. The van der Waals surface area contributed by atoms with E-state index < -0.39 is 18.0 Å². The molecule has 0 heterocycles. The number of hydrogen-bond acceptors (Lipinski definition) is 3. The van der Waals surface area contributed by atoms with Crippen LogP contribution in [0, 0.1) is 0 Å². The molecule has 1 aliphatic carbocycles. The summed E-state index contributed by atoms with van der Waals surface area (Å²) in [6.45, 7) is 8.07. The highest BCUT2D eigenvalue weighted by Crippen LogP contribution is 2.24. The molecule has 0 aliphatic heterocycles. The van der Waals surface area contributed by atoms with Crippen LogP contribution >= 0.6 is 0 Å². The number of carbonyl (C=O) groups excluding carboxylic acids is 2. The third-order valence-corrected chi connectivity index (χ3v) is 4.58. The zero-order valence-electron chi connectivity index (χ0n) is 15.7. The lowest BCUT2D eigenvalue weighted by Crippen LogP contribution is -2.48. The van der Waals surface area contributed by atoms with Crippen LogP contribution in [0.2, 0.25) is 0 Å². The first-order chi connectivity index (χ1) is 11.8. The van der Waals surface area contributed by atoms with Crippen molar-refractivity contribution in [1.29, 1.82) is 0 Å². The number of nitrogens with one attached hydrogen (secondary N) is 2. The van der Waals surface area contributed by atoms with Crippen LogP contribution in [-0.2, 0) is 10.2 Å². The molecule has 2 rings (SSSR count). The Morgan fingerprint density at radius 2 is 1.68 bits per heavy atom. The van der Waals surface area contributed by atoms with Gasteiger partial charge in [-0.25, -0.2) is 4.79 Å². The summed E-state index contributed by atoms with van der Waals surface area (Å²) < 4.78 is 5.64. The molecule has 1 aromatic carbocycles. The van der Waals surface area contributed by atoms with E-state index in [1.807, 2.05) is 24.3 Å². The molecular weight excluding hydrogens is 316 g/mol. The lowest BCUT2D eigenvalue weighted by molar-refractivity contribution is -0.126. The molecule has 25 heavy (non-hydrogen) atoms. The van der Waals surface area contributed by atoms with E-state index in [1.165, 1.54) is 12.0 Å². The Morgan fingerprint density at radius 1 is 1.08 bits per heavy atom. The lowest BCUT2D eigenvalue weighted by Gasteiger charge is -2.23. The molecule has 0 saturated heterocycles. The maximum absolute atomic E-state index is 12.1. The van der Waals surface area contributed by atoms with Crippen molar-refractivity contribution < 1.29 is 14.3 Å². The number of amides is 3. The van der Waals surface area contributed by atoms with Crippen molar-refractivity contribution in [3.05, 3.63) is 29.8 Å². The highest BCUT2D eigenvalue weighted by Gasteiger charge is 2.21. The molecule has 1 aliphatic rings. The van der Waals surface area contributed by atoms with Crippen LogP contribution in [0.5, 0.6) is 5.75 Å². The van der Waals surface area contributed by atoms with Gasteiger partial charge >= 0.3 is 6.03 Å². The SMILES string of the molecule is C[C@@H](Oc1ccc(C(C)(C)C)cc1)C(=O)NC(=O)NC1CCCCC1. The summed E-state index contributed by atoms with van der Waals surface area (Å²) in [5, 5.41) is 5.24. The second-order valence-electron chi connectivity index (χ2n) is 7.83. The molecular formula is C20H30N2O3. The van der Waals surface area contributed by atoms with Gasteiger partial charge in [-0.3, -0.25) is 10.1 Å². The average Bonchev–Trinajstić information content (AvgIpc) is 2.55. The van der Waals surface area contributed by atoms with Crippen LogP contribution in [0.4, 0.5) is 4.79 Å². The van der Waals surface area contributed by atoms with Crippen molar-refractivity contribution in [2.45, 2.75) is 77.4 Å². The van der Waals surface area contributed by atoms with Gasteiger partial charge in [0.2, 0.25) is 0 Å². The van der Waals surface area contributed by atoms with Gasteiger partial charge in [-0.1, -0.05) is 52.2 Å². The van der Waals surface area contributed by atoms with E-state index in [2.05, 4.69) is 31.4 Å². The first-order valence-electron chi connectivity index (χ1n) is 9.14. The van der Waals surface area contributed by atoms with Crippen molar-refractivity contribution in [3.63, 3.8) is 0 Å². The van der Waals surface area contributed by atoms with Crippen molar-refractivity contribution in [2.75, 3.05) is 0 Å². The summed E-state index contributed by atoms with van der Waals surface area (Å²) in [5.41, 5.74) is 1.27. The minimum absolute atomic E-state index is 0.0682. The third-order valence-electron chi connectivity index (χ3n) is 4.58. The largest absolute Gasteiger partial charge is 0.481 e. The number of ether oxygens (including phenoxy) is 1. The minimum atomic E-state index is -0.738. The van der Waals surface area contributed by atoms with Crippen molar-refractivity contribution in [1.82, 2.24) is 10.6 Å². The number of hydrogen-bond donors (Lipinski definition) is 2. The van der Waals surface area contributed by atoms with Gasteiger partial charge in [0, 0.05) is 6.04 Å². The van der Waals surface area contributed by atoms with E-state index in [0.717, 1.165) is 25.7 Å². The van der Waals surface area contributed by atoms with Crippen LogP contribution in [0.15, 0.2) is 24.3 Å². The van der Waals surface area contributed by atoms with E-state index in [4.69, 9.17) is 4.74 Å². The average molecular weight is 346 g/mol. The predicted molar refractivity (Wildman–Crippen MR) is 98.8 cm³/mol. The summed E-state index contributed by atoms with van der Waals surface area (Å²) in [6.07, 6.45) is 4.70. The Kier molecular flexibility index (Phi) is 6.45. The number of imide groups is 1. The lowest BCUT2D eigenvalue weighted by atomic mass is 9.87. The van der Waals surface area contributed by atoms with Crippen LogP contribution in [0.1, 0.15) is 65.4 Å². The molecule has 1 saturated carbocycles. The van der Waals surface area contributed by atoms with Crippen LogP contribution < -0.4 is 15.4 Å². The highest BCUT2D eigenvalue weighted by molar-refractivity contribution is 5.96. The number of carbonyl (C=O) groups is 2. The fraction of sp³-hybridized carbons (Fsp3) is 0.600. The molecule has 0 bridgehead atoms. The normalized spacial score (nSPS) is 16.8. The van der Waals surface area contributed by atoms with E-state index >= 15 is 0 Å². The number of benzene rings is 1. The summed E-state index contributed by atoms with van der Waals surface area (Å²) in [7, 11) is 0. The van der Waals surface area contributed by atoms with Crippen molar-refractivity contribution in [3.8, 4) is 5.75 Å². The standard InChI is InChI=1S/C20H30N2O3/c1-14(25-17-12-10-15(11-13-17)20(2,3)4)18(23)22-19(24)21-16-8-6-5-7-9-16/h10-14,16H,5-9H2,1-4H3,(H2,21,22,23,24)/t14-/m1/s1. The topological polar surface area (TPSA) is 67.4 Å². The number of rotatable bonds is 4. The van der Waals surface area contributed by atoms with Crippen LogP contribution in [-0.4, -0.2) is 24.1 Å². The molecule has 0 aromatic heterocycles. The Morgan fingerprint density at radius 3 is 2.24 bits per heavy atom. The van der Waals surface area contributed by atoms with Gasteiger partial charge in [0.1, 0.15) is 5.75 Å². The summed E-state index contributed by atoms with van der Waals surface area (Å²) >= 11 is 0. The molecule has 5 nitrogen and oxygen atoms in total. The summed E-state index contributed by atoms with van der Waals surface area (Å²) in [4.78, 5) is 24.1. The maximum Gasteiger partial charge on any atom is 0.321 e. The van der Waals surface area contributed by atoms with E-state index in [-0.39, 0.29) is 11.5 Å². The molecule has 1 aromatic rings. The second-order valence-corrected chi connectivity index (χ2v) is 7.83. The summed E-state index contributed by atoms with van der Waals surface area (Å²) in [6, 6.07) is 7.43. The Labute approximate surface area is 150 Å². The van der Waals surface area contributed by atoms with E-state index in [1.54, 1.807) is 6.92 Å². The second kappa shape index (κ2) is 8.37. The molecule has 2 N–H and O–H groups in total. The van der Waals surface area contributed by atoms with Gasteiger partial charge < -0.3 is 10.1 Å². The molecule has 0 radical (unpaired) electrons. The van der Waals surface area contributed by atoms with E-state index in [0.29, 0.717) is 5.75 Å². The molecule has 3 amide bonds. The Bertz CT molecular complexity index is 584.